The number of nitrogens with zero attached hydrogens (tertiary/aromatic N) is 1. The number of aliphatic carboxylic acids is 1. The molecule has 0 spiro atoms. The normalized spacial score (nSPS) is 15.0. The van der Waals surface area contributed by atoms with E-state index in [1.165, 1.54) is 4.57 Å². The molecular weight excluding hydrogens is 472 g/mol. The average Bonchev–Trinajstić information content (AvgIpc) is 3.54. The largest absolute Gasteiger partial charge is 0.481 e. The molecule has 1 aromatic carbocycles. The Morgan fingerprint density at radius 3 is 2.44 bits per heavy atom. The Balaban J connectivity index is 1.64. The van der Waals surface area contributed by atoms with Crippen LogP contribution >= 0.6 is 11.3 Å². The summed E-state index contributed by atoms with van der Waals surface area (Å²) in [4.78, 5) is 39.2. The van der Waals surface area contributed by atoms with Crippen LogP contribution in [0.25, 0.3) is 10.4 Å². The van der Waals surface area contributed by atoms with E-state index < -0.39 is 18.1 Å². The number of carboxylic acid groups (broad SMARTS) is 1. The molecule has 6 nitrogen and oxygen atoms in total. The van der Waals surface area contributed by atoms with E-state index in [2.05, 4.69) is 31.3 Å². The number of amides is 1. The summed E-state index contributed by atoms with van der Waals surface area (Å²) in [5.74, 6) is -0.696. The van der Waals surface area contributed by atoms with Gasteiger partial charge in [-0.1, -0.05) is 38.1 Å². The Bertz CT molecular complexity index is 1300. The first kappa shape index (κ1) is 25.9. The second-order valence-electron chi connectivity index (χ2n) is 10.3. The van der Waals surface area contributed by atoms with Crippen molar-refractivity contribution >= 4 is 23.2 Å². The number of aryl methyl sites for hydroxylation is 2. The molecule has 4 rings (SSSR count). The molecule has 0 saturated heterocycles. The Morgan fingerprint density at radius 2 is 1.83 bits per heavy atom. The summed E-state index contributed by atoms with van der Waals surface area (Å²) in [5, 5.41) is 14.5. The summed E-state index contributed by atoms with van der Waals surface area (Å²) in [6, 6.07) is 10.1. The minimum atomic E-state index is -0.992. The Labute approximate surface area is 216 Å². The molecule has 36 heavy (non-hydrogen) atoms. The predicted octanol–water partition coefficient (Wildman–Crippen LogP) is 5.99. The average molecular weight is 507 g/mol. The molecule has 190 valence electrons. The van der Waals surface area contributed by atoms with Crippen molar-refractivity contribution in [3.05, 3.63) is 80.6 Å². The first-order valence-electron chi connectivity index (χ1n) is 12.5. The maximum atomic E-state index is 13.6. The highest BCUT2D eigenvalue weighted by Gasteiger charge is 2.29. The van der Waals surface area contributed by atoms with Crippen LogP contribution < -0.4 is 10.9 Å². The maximum absolute atomic E-state index is 13.6. The van der Waals surface area contributed by atoms with Crippen molar-refractivity contribution in [2.24, 2.45) is 5.92 Å². The maximum Gasteiger partial charge on any atom is 0.305 e. The summed E-state index contributed by atoms with van der Waals surface area (Å²) in [5.41, 5.74) is 5.05. The molecule has 2 aromatic heterocycles. The molecule has 1 amide bonds. The molecule has 0 radical (unpaired) electrons. The summed E-state index contributed by atoms with van der Waals surface area (Å²) >= 11 is 1.54. The summed E-state index contributed by atoms with van der Waals surface area (Å²) in [6.45, 7) is 8.14. The van der Waals surface area contributed by atoms with Gasteiger partial charge in [-0.2, -0.15) is 0 Å². The third kappa shape index (κ3) is 5.95. The van der Waals surface area contributed by atoms with E-state index in [9.17, 15) is 19.5 Å². The molecule has 0 unspecified atom stereocenters. The van der Waals surface area contributed by atoms with Crippen molar-refractivity contribution in [2.75, 3.05) is 0 Å². The fraction of sp³-hybridized carbons (Fsp3) is 0.414. The summed E-state index contributed by atoms with van der Waals surface area (Å²) in [7, 11) is 0. The number of benzene rings is 1. The first-order chi connectivity index (χ1) is 17.1. The minimum absolute atomic E-state index is 0.173. The molecular formula is C29H34N2O4S. The van der Waals surface area contributed by atoms with Gasteiger partial charge in [-0.05, 0) is 84.2 Å². The van der Waals surface area contributed by atoms with Crippen LogP contribution in [0.5, 0.6) is 0 Å². The number of carboxylic acids is 1. The van der Waals surface area contributed by atoms with E-state index in [0.29, 0.717) is 12.3 Å². The first-order valence-corrected chi connectivity index (χ1v) is 13.4. The number of aromatic nitrogens is 1. The van der Waals surface area contributed by atoms with Gasteiger partial charge in [0, 0.05) is 17.1 Å². The Hall–Kier alpha value is -3.19. The van der Waals surface area contributed by atoms with Crippen LogP contribution in [0.2, 0.25) is 0 Å². The predicted molar refractivity (Wildman–Crippen MR) is 144 cm³/mol. The summed E-state index contributed by atoms with van der Waals surface area (Å²) in [6.07, 6.45) is 4.26. The Kier molecular flexibility index (Phi) is 7.79. The number of thiophene rings is 1. The number of carbonyl (C=O) groups excluding carboxylic acids is 1. The number of hydrogen-bond acceptors (Lipinski definition) is 4. The van der Waals surface area contributed by atoms with Crippen LogP contribution in [0.1, 0.15) is 79.8 Å². The lowest BCUT2D eigenvalue weighted by molar-refractivity contribution is -0.138. The topological polar surface area (TPSA) is 88.4 Å². The number of nitrogens with one attached hydrogen (secondary N) is 1. The van der Waals surface area contributed by atoms with E-state index in [1.54, 1.807) is 17.4 Å². The minimum Gasteiger partial charge on any atom is -0.481 e. The van der Waals surface area contributed by atoms with Crippen LogP contribution in [0.4, 0.5) is 0 Å². The van der Waals surface area contributed by atoms with Crippen molar-refractivity contribution in [1.29, 1.82) is 0 Å². The lowest BCUT2D eigenvalue weighted by atomic mass is 9.98. The smallest absolute Gasteiger partial charge is 0.305 e. The monoisotopic (exact) mass is 506 g/mol. The summed E-state index contributed by atoms with van der Waals surface area (Å²) < 4.78 is 1.54. The van der Waals surface area contributed by atoms with Crippen molar-refractivity contribution in [3.63, 3.8) is 0 Å². The highest BCUT2D eigenvalue weighted by Crippen LogP contribution is 2.40. The van der Waals surface area contributed by atoms with Gasteiger partial charge >= 0.3 is 5.97 Å². The second-order valence-corrected chi connectivity index (χ2v) is 11.2. The lowest BCUT2D eigenvalue weighted by Crippen LogP contribution is -2.40. The van der Waals surface area contributed by atoms with E-state index in [0.717, 1.165) is 45.5 Å². The molecule has 1 saturated carbocycles. The molecule has 2 N–H and O–H groups in total. The SMILES string of the molecule is Cc1cccc(C)c1-c1cc([C@@H](CC(=O)O)NC(=O)[C@H](CC(C)C)n2cc(C3CC3)ccc2=O)cs1. The second kappa shape index (κ2) is 10.8. The van der Waals surface area contributed by atoms with Gasteiger partial charge in [0.05, 0.1) is 12.5 Å². The zero-order valence-electron chi connectivity index (χ0n) is 21.3. The lowest BCUT2D eigenvalue weighted by Gasteiger charge is -2.25. The number of hydrogen-bond donors (Lipinski definition) is 2. The number of rotatable bonds is 10. The number of pyridine rings is 1. The fourth-order valence-corrected chi connectivity index (χ4v) is 5.92. The van der Waals surface area contributed by atoms with Gasteiger partial charge in [0.25, 0.3) is 5.56 Å². The van der Waals surface area contributed by atoms with Crippen LogP contribution in [-0.4, -0.2) is 21.6 Å². The standard InChI is InChI=1S/C29H34N2O4S/c1-17(2)12-24(31-15-21(20-8-9-20)10-11-26(31)32)29(35)30-23(14-27(33)34)22-13-25(36-16-22)28-18(3)6-5-7-19(28)4/h5-7,10-11,13,15-17,20,23-24H,8-9,12,14H2,1-4H3,(H,30,35)(H,33,34)/t23-,24+/m1/s1. The van der Waals surface area contributed by atoms with Gasteiger partial charge in [0.2, 0.25) is 5.91 Å². The molecule has 3 aromatic rings. The van der Waals surface area contributed by atoms with Crippen LogP contribution in [0, 0.1) is 19.8 Å². The van der Waals surface area contributed by atoms with Crippen LogP contribution in [-0.2, 0) is 9.59 Å². The van der Waals surface area contributed by atoms with Gasteiger partial charge in [-0.25, -0.2) is 0 Å². The fourth-order valence-electron chi connectivity index (χ4n) is 4.78. The van der Waals surface area contributed by atoms with Gasteiger partial charge in [-0.3, -0.25) is 14.4 Å². The van der Waals surface area contributed by atoms with E-state index in [1.807, 2.05) is 43.6 Å². The number of carbonyl (C=O) groups is 2. The van der Waals surface area contributed by atoms with Crippen molar-refractivity contribution in [3.8, 4) is 10.4 Å². The quantitative estimate of drug-likeness (QED) is 0.353. The highest BCUT2D eigenvalue weighted by molar-refractivity contribution is 7.13. The molecule has 1 aliphatic rings. The third-order valence-corrected chi connectivity index (χ3v) is 7.75. The zero-order chi connectivity index (χ0) is 26.0. The van der Waals surface area contributed by atoms with E-state index in [-0.39, 0.29) is 23.8 Å². The van der Waals surface area contributed by atoms with Gasteiger partial charge < -0.3 is 15.0 Å². The molecule has 2 atom stereocenters. The molecule has 0 bridgehead atoms. The van der Waals surface area contributed by atoms with E-state index >= 15 is 0 Å². The zero-order valence-corrected chi connectivity index (χ0v) is 22.1. The van der Waals surface area contributed by atoms with Crippen LogP contribution in [0.3, 0.4) is 0 Å². The molecule has 2 heterocycles. The van der Waals surface area contributed by atoms with Gasteiger partial charge in [-0.15, -0.1) is 11.3 Å². The van der Waals surface area contributed by atoms with Crippen molar-refractivity contribution in [2.45, 2.75) is 71.4 Å². The van der Waals surface area contributed by atoms with Crippen LogP contribution in [0.15, 0.2) is 52.8 Å². The van der Waals surface area contributed by atoms with Crippen molar-refractivity contribution < 1.29 is 14.7 Å². The molecule has 1 aliphatic carbocycles. The molecule has 7 heteroatoms. The third-order valence-electron chi connectivity index (χ3n) is 6.79. The highest BCUT2D eigenvalue weighted by atomic mass is 32.1. The molecule has 0 aliphatic heterocycles. The van der Waals surface area contributed by atoms with Gasteiger partial charge in [0.15, 0.2) is 0 Å². The Morgan fingerprint density at radius 1 is 1.14 bits per heavy atom. The van der Waals surface area contributed by atoms with E-state index in [4.69, 9.17) is 0 Å². The molecule has 1 fully saturated rings. The van der Waals surface area contributed by atoms with Gasteiger partial charge in [0.1, 0.15) is 6.04 Å². The van der Waals surface area contributed by atoms with Crippen molar-refractivity contribution in [1.82, 2.24) is 9.88 Å².